The molecular formula is C10H17NO2. The molecule has 3 nitrogen and oxygen atoms in total. The van der Waals surface area contributed by atoms with Gasteiger partial charge in [-0.05, 0) is 38.7 Å². The number of hydrogen-bond acceptors (Lipinski definition) is 2. The molecule has 0 fully saturated rings. The second-order valence-corrected chi connectivity index (χ2v) is 3.46. The summed E-state index contributed by atoms with van der Waals surface area (Å²) >= 11 is 0. The van der Waals surface area contributed by atoms with Crippen molar-refractivity contribution in [3.63, 3.8) is 0 Å². The Hall–Kier alpha value is -1.12. The Morgan fingerprint density at radius 2 is 2.15 bits per heavy atom. The van der Waals surface area contributed by atoms with E-state index in [9.17, 15) is 10.1 Å². The fourth-order valence-corrected chi connectivity index (χ4v) is 0.948. The highest BCUT2D eigenvalue weighted by Crippen LogP contribution is 2.08. The van der Waals surface area contributed by atoms with E-state index in [1.165, 1.54) is 5.57 Å². The summed E-state index contributed by atoms with van der Waals surface area (Å²) in [6, 6.07) is 0. The second-order valence-electron chi connectivity index (χ2n) is 3.46. The molecule has 0 aliphatic heterocycles. The summed E-state index contributed by atoms with van der Waals surface area (Å²) in [7, 11) is 0. The smallest absolute Gasteiger partial charge is 0.230 e. The largest absolute Gasteiger partial charge is 0.259 e. The Kier molecular flexibility index (Phi) is 5.85. The summed E-state index contributed by atoms with van der Waals surface area (Å²) in [4.78, 5) is 9.57. The van der Waals surface area contributed by atoms with Crippen molar-refractivity contribution < 1.29 is 4.92 Å². The predicted molar refractivity (Wildman–Crippen MR) is 54.0 cm³/mol. The van der Waals surface area contributed by atoms with Crippen LogP contribution in [0.15, 0.2) is 23.9 Å². The lowest BCUT2D eigenvalue weighted by atomic mass is 10.0. The van der Waals surface area contributed by atoms with Crippen LogP contribution in [0, 0.1) is 16.0 Å². The monoisotopic (exact) mass is 183 g/mol. The molecule has 0 aliphatic rings. The molecule has 0 radical (unpaired) electrons. The molecule has 0 bridgehead atoms. The molecule has 0 amide bonds. The highest BCUT2D eigenvalue weighted by molar-refractivity contribution is 4.93. The van der Waals surface area contributed by atoms with Crippen molar-refractivity contribution in [2.45, 2.75) is 33.6 Å². The van der Waals surface area contributed by atoms with Gasteiger partial charge < -0.3 is 0 Å². The Morgan fingerprint density at radius 3 is 2.62 bits per heavy atom. The fourth-order valence-electron chi connectivity index (χ4n) is 0.948. The van der Waals surface area contributed by atoms with Crippen LogP contribution < -0.4 is 0 Å². The third-order valence-electron chi connectivity index (χ3n) is 1.71. The van der Waals surface area contributed by atoms with Crippen LogP contribution in [0.2, 0.25) is 0 Å². The van der Waals surface area contributed by atoms with Crippen LogP contribution in [-0.4, -0.2) is 4.92 Å². The van der Waals surface area contributed by atoms with Crippen molar-refractivity contribution in [2.75, 3.05) is 0 Å². The molecule has 3 heteroatoms. The van der Waals surface area contributed by atoms with Crippen LogP contribution in [0.1, 0.15) is 33.6 Å². The minimum Gasteiger partial charge on any atom is -0.259 e. The predicted octanol–water partition coefficient (Wildman–Crippen LogP) is 3.16. The summed E-state index contributed by atoms with van der Waals surface area (Å²) in [6.45, 7) is 6.09. The van der Waals surface area contributed by atoms with Gasteiger partial charge in [-0.1, -0.05) is 18.6 Å². The van der Waals surface area contributed by atoms with Crippen LogP contribution in [0.3, 0.4) is 0 Å². The summed E-state index contributed by atoms with van der Waals surface area (Å²) in [5.41, 5.74) is 1.30. The van der Waals surface area contributed by atoms with Gasteiger partial charge in [0, 0.05) is 0 Å². The van der Waals surface area contributed by atoms with Gasteiger partial charge in [0.1, 0.15) is 0 Å². The van der Waals surface area contributed by atoms with E-state index in [0.717, 1.165) is 19.0 Å². The molecule has 0 rings (SSSR count). The van der Waals surface area contributed by atoms with E-state index >= 15 is 0 Å². The SMILES string of the molecule is CC(C)=CCCC(C)/C=C/[N+](=O)[O-]. The van der Waals surface area contributed by atoms with Crippen molar-refractivity contribution in [3.8, 4) is 0 Å². The van der Waals surface area contributed by atoms with Crippen molar-refractivity contribution in [3.05, 3.63) is 34.0 Å². The molecule has 1 unspecified atom stereocenters. The van der Waals surface area contributed by atoms with Gasteiger partial charge >= 0.3 is 0 Å². The maximum absolute atomic E-state index is 9.99. The van der Waals surface area contributed by atoms with Gasteiger partial charge in [0.25, 0.3) is 0 Å². The highest BCUT2D eigenvalue weighted by atomic mass is 16.6. The van der Waals surface area contributed by atoms with E-state index in [4.69, 9.17) is 0 Å². The first kappa shape index (κ1) is 11.9. The van der Waals surface area contributed by atoms with Gasteiger partial charge in [-0.2, -0.15) is 0 Å². The first-order valence-electron chi connectivity index (χ1n) is 4.47. The Labute approximate surface area is 79.3 Å². The molecule has 0 aromatic heterocycles. The van der Waals surface area contributed by atoms with Gasteiger partial charge in [-0.15, -0.1) is 0 Å². The Morgan fingerprint density at radius 1 is 1.54 bits per heavy atom. The molecular weight excluding hydrogens is 166 g/mol. The Bertz CT molecular complexity index is 215. The van der Waals surface area contributed by atoms with Crippen LogP contribution in [0.4, 0.5) is 0 Å². The number of rotatable bonds is 5. The maximum atomic E-state index is 9.99. The first-order chi connectivity index (χ1) is 6.02. The van der Waals surface area contributed by atoms with E-state index in [0.29, 0.717) is 0 Å². The topological polar surface area (TPSA) is 43.1 Å². The van der Waals surface area contributed by atoms with E-state index in [1.54, 1.807) is 6.08 Å². The molecule has 0 spiro atoms. The molecule has 0 N–H and O–H groups in total. The van der Waals surface area contributed by atoms with Crippen molar-refractivity contribution in [1.82, 2.24) is 0 Å². The van der Waals surface area contributed by atoms with Crippen LogP contribution in [-0.2, 0) is 0 Å². The van der Waals surface area contributed by atoms with Gasteiger partial charge in [0.15, 0.2) is 0 Å². The minimum atomic E-state index is -0.419. The zero-order valence-corrected chi connectivity index (χ0v) is 8.49. The number of hydrogen-bond donors (Lipinski definition) is 0. The van der Waals surface area contributed by atoms with Crippen molar-refractivity contribution >= 4 is 0 Å². The van der Waals surface area contributed by atoms with Gasteiger partial charge in [-0.3, -0.25) is 10.1 Å². The fraction of sp³-hybridized carbons (Fsp3) is 0.600. The van der Waals surface area contributed by atoms with Gasteiger partial charge in [-0.25, -0.2) is 0 Å². The zero-order chi connectivity index (χ0) is 10.3. The van der Waals surface area contributed by atoms with E-state index in [2.05, 4.69) is 19.9 Å². The normalized spacial score (nSPS) is 12.8. The van der Waals surface area contributed by atoms with Crippen LogP contribution in [0.5, 0.6) is 0 Å². The second kappa shape index (κ2) is 6.40. The van der Waals surface area contributed by atoms with Crippen LogP contribution in [0.25, 0.3) is 0 Å². The van der Waals surface area contributed by atoms with Gasteiger partial charge in [0.05, 0.1) is 4.92 Å². The first-order valence-corrected chi connectivity index (χ1v) is 4.47. The van der Waals surface area contributed by atoms with E-state index < -0.39 is 4.92 Å². The minimum absolute atomic E-state index is 0.279. The summed E-state index contributed by atoms with van der Waals surface area (Å²) in [5, 5.41) is 9.99. The standard InChI is InChI=1S/C10H17NO2/c1-9(2)5-4-6-10(3)7-8-11(12)13/h5,7-8,10H,4,6H2,1-3H3/b8-7+. The quantitative estimate of drug-likeness (QED) is 0.373. The third kappa shape index (κ3) is 8.79. The lowest BCUT2D eigenvalue weighted by Gasteiger charge is -2.01. The van der Waals surface area contributed by atoms with Crippen molar-refractivity contribution in [2.24, 2.45) is 5.92 Å². The summed E-state index contributed by atoms with van der Waals surface area (Å²) in [5.74, 6) is 0.279. The maximum Gasteiger partial charge on any atom is 0.230 e. The van der Waals surface area contributed by atoms with Crippen molar-refractivity contribution in [1.29, 1.82) is 0 Å². The lowest BCUT2D eigenvalue weighted by Crippen LogP contribution is -1.91. The molecule has 0 heterocycles. The average Bonchev–Trinajstić information content (AvgIpc) is 2.00. The molecule has 0 saturated heterocycles. The Balaban J connectivity index is 3.69. The van der Waals surface area contributed by atoms with Crippen LogP contribution >= 0.6 is 0 Å². The summed E-state index contributed by atoms with van der Waals surface area (Å²) < 4.78 is 0. The van der Waals surface area contributed by atoms with Gasteiger partial charge in [0.2, 0.25) is 6.20 Å². The number of nitrogens with zero attached hydrogens (tertiary/aromatic N) is 1. The molecule has 74 valence electrons. The summed E-state index contributed by atoms with van der Waals surface area (Å²) in [6.07, 6.45) is 6.77. The highest BCUT2D eigenvalue weighted by Gasteiger charge is 1.97. The van der Waals surface area contributed by atoms with E-state index in [1.807, 2.05) is 6.92 Å². The lowest BCUT2D eigenvalue weighted by molar-refractivity contribution is -0.402. The molecule has 0 aliphatic carbocycles. The molecule has 0 aromatic rings. The molecule has 0 aromatic carbocycles. The average molecular weight is 183 g/mol. The zero-order valence-electron chi connectivity index (χ0n) is 8.49. The number of nitro groups is 1. The molecule has 1 atom stereocenters. The number of allylic oxidation sites excluding steroid dienone is 3. The molecule has 13 heavy (non-hydrogen) atoms. The molecule has 0 saturated carbocycles. The third-order valence-corrected chi connectivity index (χ3v) is 1.71. The van der Waals surface area contributed by atoms with E-state index in [-0.39, 0.29) is 5.92 Å².